The number of benzene rings is 1. The molecule has 2 aliphatic rings. The number of ether oxygens (including phenoxy) is 2. The van der Waals surface area contributed by atoms with Gasteiger partial charge in [0.15, 0.2) is 5.96 Å². The first-order chi connectivity index (χ1) is 15.1. The highest BCUT2D eigenvalue weighted by molar-refractivity contribution is 14.0. The van der Waals surface area contributed by atoms with Crippen LogP contribution >= 0.6 is 24.0 Å². The van der Waals surface area contributed by atoms with Crippen LogP contribution in [0.2, 0.25) is 0 Å². The molecule has 0 spiro atoms. The van der Waals surface area contributed by atoms with Crippen molar-refractivity contribution < 1.29 is 14.3 Å². The third kappa shape index (κ3) is 7.90. The lowest BCUT2D eigenvalue weighted by Gasteiger charge is -2.32. The lowest BCUT2D eigenvalue weighted by Crippen LogP contribution is -2.45. The van der Waals surface area contributed by atoms with E-state index in [0.29, 0.717) is 18.6 Å². The summed E-state index contributed by atoms with van der Waals surface area (Å²) in [5, 5.41) is 6.99. The smallest absolute Gasteiger partial charge is 0.308 e. The van der Waals surface area contributed by atoms with Crippen LogP contribution < -0.4 is 10.6 Å². The Kier molecular flexibility index (Phi) is 11.8. The second kappa shape index (κ2) is 14.0. The molecule has 0 bridgehead atoms. The highest BCUT2D eigenvalue weighted by atomic mass is 127. The van der Waals surface area contributed by atoms with Crippen molar-refractivity contribution in [2.75, 3.05) is 26.3 Å². The maximum Gasteiger partial charge on any atom is 0.308 e. The van der Waals surface area contributed by atoms with Crippen molar-refractivity contribution in [2.45, 2.75) is 71.4 Å². The molecule has 2 fully saturated rings. The number of carbonyl (C=O) groups is 1. The van der Waals surface area contributed by atoms with Crippen LogP contribution in [0.15, 0.2) is 29.3 Å². The minimum absolute atomic E-state index is 0. The number of nitrogens with zero attached hydrogens (tertiary/aromatic N) is 1. The molecule has 0 aromatic heterocycles. The van der Waals surface area contributed by atoms with E-state index < -0.39 is 0 Å². The monoisotopic (exact) mass is 557 g/mol. The van der Waals surface area contributed by atoms with Crippen LogP contribution in [-0.4, -0.2) is 44.3 Å². The van der Waals surface area contributed by atoms with Crippen LogP contribution in [0.1, 0.15) is 69.6 Å². The summed E-state index contributed by atoms with van der Waals surface area (Å²) in [6.45, 7) is 8.92. The number of rotatable bonds is 7. The van der Waals surface area contributed by atoms with Crippen LogP contribution in [0, 0.1) is 18.8 Å². The van der Waals surface area contributed by atoms with Gasteiger partial charge in [0.05, 0.1) is 18.6 Å². The Balaban J connectivity index is 0.00000363. The molecule has 1 aromatic carbocycles. The van der Waals surface area contributed by atoms with Gasteiger partial charge in [-0.15, -0.1) is 24.0 Å². The van der Waals surface area contributed by atoms with Crippen molar-refractivity contribution in [3.63, 3.8) is 0 Å². The van der Waals surface area contributed by atoms with Gasteiger partial charge < -0.3 is 20.1 Å². The molecule has 7 heteroatoms. The van der Waals surface area contributed by atoms with E-state index in [9.17, 15) is 4.79 Å². The highest BCUT2D eigenvalue weighted by Crippen LogP contribution is 2.34. The van der Waals surface area contributed by atoms with E-state index in [-0.39, 0.29) is 42.0 Å². The lowest BCUT2D eigenvalue weighted by molar-refractivity contribution is -0.149. The van der Waals surface area contributed by atoms with E-state index in [2.05, 4.69) is 48.7 Å². The van der Waals surface area contributed by atoms with E-state index in [0.717, 1.165) is 64.2 Å². The van der Waals surface area contributed by atoms with Crippen molar-refractivity contribution in [1.29, 1.82) is 0 Å². The van der Waals surface area contributed by atoms with Crippen LogP contribution in [0.25, 0.3) is 0 Å². The van der Waals surface area contributed by atoms with Crippen LogP contribution in [0.3, 0.4) is 0 Å². The molecule has 1 saturated heterocycles. The first kappa shape index (κ1) is 26.9. The molecule has 2 N–H and O–H groups in total. The van der Waals surface area contributed by atoms with Gasteiger partial charge in [-0.2, -0.15) is 0 Å². The largest absolute Gasteiger partial charge is 0.466 e. The number of carbonyl (C=O) groups excluding carboxylic acids is 1. The number of nitrogens with one attached hydrogen (secondary N) is 2. The van der Waals surface area contributed by atoms with E-state index in [4.69, 9.17) is 14.5 Å². The van der Waals surface area contributed by atoms with Crippen molar-refractivity contribution >= 4 is 35.9 Å². The molecule has 3 rings (SSSR count). The van der Waals surface area contributed by atoms with Gasteiger partial charge in [0.25, 0.3) is 0 Å². The number of aryl methyl sites for hydroxylation is 1. The second-order valence-corrected chi connectivity index (χ2v) is 8.77. The van der Waals surface area contributed by atoms with Gasteiger partial charge >= 0.3 is 5.97 Å². The number of hydrogen-bond donors (Lipinski definition) is 2. The predicted molar refractivity (Wildman–Crippen MR) is 140 cm³/mol. The van der Waals surface area contributed by atoms with Gasteiger partial charge in [-0.05, 0) is 64.9 Å². The molecule has 2 atom stereocenters. The summed E-state index contributed by atoms with van der Waals surface area (Å²) in [4.78, 5) is 16.9. The van der Waals surface area contributed by atoms with Gasteiger partial charge in [-0.25, -0.2) is 0 Å². The lowest BCUT2D eigenvalue weighted by atomic mass is 9.86. The molecule has 1 aliphatic heterocycles. The third-order valence-corrected chi connectivity index (χ3v) is 6.37. The topological polar surface area (TPSA) is 72.0 Å². The maximum absolute atomic E-state index is 12.0. The minimum atomic E-state index is -0.0408. The van der Waals surface area contributed by atoms with Gasteiger partial charge in [-0.3, -0.25) is 9.79 Å². The summed E-state index contributed by atoms with van der Waals surface area (Å²) < 4.78 is 11.3. The summed E-state index contributed by atoms with van der Waals surface area (Å²) in [5.74, 6) is 1.26. The quantitative estimate of drug-likeness (QED) is 0.219. The fourth-order valence-corrected chi connectivity index (χ4v) is 4.61. The van der Waals surface area contributed by atoms with E-state index in [1.54, 1.807) is 0 Å². The summed E-state index contributed by atoms with van der Waals surface area (Å²) in [5.41, 5.74) is 2.52. The van der Waals surface area contributed by atoms with Gasteiger partial charge in [0.2, 0.25) is 0 Å². The van der Waals surface area contributed by atoms with Gasteiger partial charge in [-0.1, -0.05) is 29.8 Å². The number of guanidine groups is 1. The number of esters is 1. The van der Waals surface area contributed by atoms with E-state index >= 15 is 0 Å². The molecule has 1 saturated carbocycles. The Labute approximate surface area is 210 Å². The highest BCUT2D eigenvalue weighted by Gasteiger charge is 2.29. The van der Waals surface area contributed by atoms with Gasteiger partial charge in [0, 0.05) is 31.7 Å². The summed E-state index contributed by atoms with van der Waals surface area (Å²) in [7, 11) is 0. The second-order valence-electron chi connectivity index (χ2n) is 8.77. The first-order valence-electron chi connectivity index (χ1n) is 12.0. The molecule has 0 radical (unpaired) electrons. The molecule has 6 nitrogen and oxygen atoms in total. The first-order valence-corrected chi connectivity index (χ1v) is 12.0. The van der Waals surface area contributed by atoms with Gasteiger partial charge in [0.1, 0.15) is 0 Å². The van der Waals surface area contributed by atoms with Crippen LogP contribution in [0.4, 0.5) is 0 Å². The molecule has 1 heterocycles. The van der Waals surface area contributed by atoms with Crippen LogP contribution in [0.5, 0.6) is 0 Å². The molecular weight excluding hydrogens is 517 g/mol. The standard InChI is InChI=1S/C25H39N3O3.HI/c1-4-26-25(28-22-14-12-20(13-15-22)24(29)30-5-2)27-17-21-7-6-16-31-23(21)19-10-8-18(3)9-11-19;/h8-11,20-23H,4-7,12-17H2,1-3H3,(H2,26,27,28);1H. The Hall–Kier alpha value is -1.35. The average Bonchev–Trinajstić information content (AvgIpc) is 2.79. The zero-order valence-corrected chi connectivity index (χ0v) is 22.1. The minimum Gasteiger partial charge on any atom is -0.466 e. The molecule has 32 heavy (non-hydrogen) atoms. The predicted octanol–water partition coefficient (Wildman–Crippen LogP) is 4.76. The zero-order chi connectivity index (χ0) is 22.1. The summed E-state index contributed by atoms with van der Waals surface area (Å²) >= 11 is 0. The number of halogens is 1. The van der Waals surface area contributed by atoms with Crippen molar-refractivity contribution in [3.05, 3.63) is 35.4 Å². The fraction of sp³-hybridized carbons (Fsp3) is 0.680. The van der Waals surface area contributed by atoms with E-state index in [1.807, 2.05) is 6.92 Å². The zero-order valence-electron chi connectivity index (χ0n) is 19.8. The van der Waals surface area contributed by atoms with Crippen molar-refractivity contribution in [3.8, 4) is 0 Å². The maximum atomic E-state index is 12.0. The molecule has 0 amide bonds. The molecule has 2 unspecified atom stereocenters. The Morgan fingerprint density at radius 1 is 1.12 bits per heavy atom. The van der Waals surface area contributed by atoms with E-state index in [1.165, 1.54) is 11.1 Å². The van der Waals surface area contributed by atoms with Crippen molar-refractivity contribution in [1.82, 2.24) is 10.6 Å². The molecule has 1 aromatic rings. The Morgan fingerprint density at radius 3 is 2.50 bits per heavy atom. The third-order valence-electron chi connectivity index (χ3n) is 6.37. The Morgan fingerprint density at radius 2 is 1.84 bits per heavy atom. The normalized spacial score (nSPS) is 26.0. The summed E-state index contributed by atoms with van der Waals surface area (Å²) in [6, 6.07) is 9.04. The van der Waals surface area contributed by atoms with Crippen molar-refractivity contribution in [2.24, 2.45) is 16.8 Å². The SMILES string of the molecule is CCNC(=NCC1CCCOC1c1ccc(C)cc1)NC1CCC(C(=O)OCC)CC1.I. The summed E-state index contributed by atoms with van der Waals surface area (Å²) in [6.07, 6.45) is 6.01. The van der Waals surface area contributed by atoms with Crippen LogP contribution in [-0.2, 0) is 14.3 Å². The molecule has 1 aliphatic carbocycles. The Bertz CT molecular complexity index is 718. The fourth-order valence-electron chi connectivity index (χ4n) is 4.61. The number of hydrogen-bond acceptors (Lipinski definition) is 4. The number of aliphatic imine (C=N–C) groups is 1. The average molecular weight is 558 g/mol. The molecule has 180 valence electrons. The molecular formula is C25H40IN3O3.